The molecular formula is C21H21Cl2NO3. The smallest absolute Gasteiger partial charge is 0.316 e. The van der Waals surface area contributed by atoms with Gasteiger partial charge in [0, 0.05) is 18.0 Å². The third-order valence-corrected chi connectivity index (χ3v) is 5.48. The molecule has 1 amide bonds. The van der Waals surface area contributed by atoms with Gasteiger partial charge in [0.05, 0.1) is 16.6 Å². The van der Waals surface area contributed by atoms with Crippen molar-refractivity contribution in [1.29, 1.82) is 0 Å². The van der Waals surface area contributed by atoms with Crippen molar-refractivity contribution in [1.82, 2.24) is 0 Å². The molecule has 0 saturated carbocycles. The highest BCUT2D eigenvalue weighted by atomic mass is 35.5. The van der Waals surface area contributed by atoms with Crippen molar-refractivity contribution in [2.45, 2.75) is 32.6 Å². The van der Waals surface area contributed by atoms with Gasteiger partial charge in [0.15, 0.2) is 0 Å². The molecule has 0 aromatic heterocycles. The van der Waals surface area contributed by atoms with E-state index in [0.717, 1.165) is 12.0 Å². The second-order valence-corrected chi connectivity index (χ2v) is 7.61. The summed E-state index contributed by atoms with van der Waals surface area (Å²) in [5.74, 6) is -0.280. The van der Waals surface area contributed by atoms with E-state index in [0.29, 0.717) is 21.5 Å². The van der Waals surface area contributed by atoms with Gasteiger partial charge >= 0.3 is 5.97 Å². The van der Waals surface area contributed by atoms with Gasteiger partial charge in [-0.15, -0.1) is 0 Å². The molecule has 4 nitrogen and oxygen atoms in total. The fraction of sp³-hybridized carbons (Fsp3) is 0.333. The SMILES string of the molecule is CC[C@H](C)c1ccccc1OC(=O)[C@H]1CC(=O)N(c2cc(Cl)ccc2Cl)C1. The summed E-state index contributed by atoms with van der Waals surface area (Å²) in [5, 5.41) is 0.902. The first kappa shape index (κ1) is 19.7. The van der Waals surface area contributed by atoms with Gasteiger partial charge in [-0.2, -0.15) is 0 Å². The zero-order chi connectivity index (χ0) is 19.6. The topological polar surface area (TPSA) is 46.6 Å². The number of nitrogens with zero attached hydrogens (tertiary/aromatic N) is 1. The molecule has 2 atom stereocenters. The number of esters is 1. The lowest BCUT2D eigenvalue weighted by atomic mass is 9.98. The summed E-state index contributed by atoms with van der Waals surface area (Å²) < 4.78 is 5.66. The predicted octanol–water partition coefficient (Wildman–Crippen LogP) is 5.47. The van der Waals surface area contributed by atoms with Crippen LogP contribution in [0.1, 0.15) is 38.2 Å². The average Bonchev–Trinajstić information content (AvgIpc) is 3.05. The van der Waals surface area contributed by atoms with E-state index in [1.807, 2.05) is 18.2 Å². The third kappa shape index (κ3) is 4.28. The van der Waals surface area contributed by atoms with Crippen molar-refractivity contribution in [2.75, 3.05) is 11.4 Å². The molecule has 1 aliphatic heterocycles. The van der Waals surface area contributed by atoms with Crippen LogP contribution in [0.25, 0.3) is 0 Å². The van der Waals surface area contributed by atoms with Gasteiger partial charge in [-0.3, -0.25) is 9.59 Å². The Morgan fingerprint density at radius 2 is 2.00 bits per heavy atom. The van der Waals surface area contributed by atoms with E-state index in [1.165, 1.54) is 4.90 Å². The van der Waals surface area contributed by atoms with Crippen LogP contribution in [0.3, 0.4) is 0 Å². The summed E-state index contributed by atoms with van der Waals surface area (Å²) in [6.45, 7) is 4.41. The highest BCUT2D eigenvalue weighted by Crippen LogP contribution is 2.34. The number of carbonyl (C=O) groups is 2. The van der Waals surface area contributed by atoms with Crippen LogP contribution in [0, 0.1) is 5.92 Å². The number of anilines is 1. The second kappa shape index (κ2) is 8.32. The predicted molar refractivity (Wildman–Crippen MR) is 108 cm³/mol. The van der Waals surface area contributed by atoms with Crippen LogP contribution in [-0.4, -0.2) is 18.4 Å². The highest BCUT2D eigenvalue weighted by molar-refractivity contribution is 6.35. The lowest BCUT2D eigenvalue weighted by Crippen LogP contribution is -2.27. The van der Waals surface area contributed by atoms with E-state index < -0.39 is 11.9 Å². The lowest BCUT2D eigenvalue weighted by Gasteiger charge is -2.19. The summed E-state index contributed by atoms with van der Waals surface area (Å²) in [6, 6.07) is 12.5. The molecule has 1 fully saturated rings. The Morgan fingerprint density at radius 1 is 1.26 bits per heavy atom. The van der Waals surface area contributed by atoms with Crippen LogP contribution in [0.5, 0.6) is 5.75 Å². The first-order valence-electron chi connectivity index (χ1n) is 8.96. The van der Waals surface area contributed by atoms with Crippen LogP contribution >= 0.6 is 23.2 Å². The zero-order valence-electron chi connectivity index (χ0n) is 15.2. The lowest BCUT2D eigenvalue weighted by molar-refractivity contribution is -0.139. The number of rotatable bonds is 5. The Balaban J connectivity index is 1.76. The van der Waals surface area contributed by atoms with Gasteiger partial charge in [0.25, 0.3) is 0 Å². The minimum absolute atomic E-state index is 0.0905. The van der Waals surface area contributed by atoms with Crippen molar-refractivity contribution in [3.63, 3.8) is 0 Å². The molecule has 27 heavy (non-hydrogen) atoms. The number of hydrogen-bond donors (Lipinski definition) is 0. The minimum atomic E-state index is -0.544. The molecule has 0 aliphatic carbocycles. The molecule has 3 rings (SSSR count). The molecule has 0 bridgehead atoms. The fourth-order valence-electron chi connectivity index (χ4n) is 3.18. The van der Waals surface area contributed by atoms with Crippen LogP contribution < -0.4 is 9.64 Å². The Labute approximate surface area is 169 Å². The summed E-state index contributed by atoms with van der Waals surface area (Å²) in [4.78, 5) is 26.6. The van der Waals surface area contributed by atoms with Crippen molar-refractivity contribution in [3.05, 3.63) is 58.1 Å². The van der Waals surface area contributed by atoms with Crippen LogP contribution in [0.2, 0.25) is 10.0 Å². The third-order valence-electron chi connectivity index (χ3n) is 4.93. The molecule has 1 saturated heterocycles. The van der Waals surface area contributed by atoms with Crippen molar-refractivity contribution < 1.29 is 14.3 Å². The first-order chi connectivity index (χ1) is 12.9. The van der Waals surface area contributed by atoms with Crippen LogP contribution in [0.15, 0.2) is 42.5 Å². The molecule has 6 heteroatoms. The monoisotopic (exact) mass is 405 g/mol. The van der Waals surface area contributed by atoms with E-state index in [2.05, 4.69) is 13.8 Å². The molecule has 0 N–H and O–H groups in total. The van der Waals surface area contributed by atoms with E-state index in [1.54, 1.807) is 24.3 Å². The molecule has 0 radical (unpaired) electrons. The van der Waals surface area contributed by atoms with Gasteiger partial charge in [0.2, 0.25) is 5.91 Å². The summed E-state index contributed by atoms with van der Waals surface area (Å²) >= 11 is 12.2. The maximum atomic E-state index is 12.7. The second-order valence-electron chi connectivity index (χ2n) is 6.77. The Morgan fingerprint density at radius 3 is 2.74 bits per heavy atom. The molecular weight excluding hydrogens is 385 g/mol. The van der Waals surface area contributed by atoms with Crippen molar-refractivity contribution >= 4 is 40.8 Å². The highest BCUT2D eigenvalue weighted by Gasteiger charge is 2.37. The largest absolute Gasteiger partial charge is 0.426 e. The number of carbonyl (C=O) groups excluding carboxylic acids is 2. The quantitative estimate of drug-likeness (QED) is 0.489. The molecule has 0 spiro atoms. The number of para-hydroxylation sites is 1. The summed E-state index contributed by atoms with van der Waals surface area (Å²) in [7, 11) is 0. The van der Waals surface area contributed by atoms with E-state index in [9.17, 15) is 9.59 Å². The fourth-order valence-corrected chi connectivity index (χ4v) is 3.57. The van der Waals surface area contributed by atoms with Gasteiger partial charge in [-0.25, -0.2) is 0 Å². The maximum Gasteiger partial charge on any atom is 0.316 e. The number of amides is 1. The minimum Gasteiger partial charge on any atom is -0.426 e. The van der Waals surface area contributed by atoms with Crippen LogP contribution in [-0.2, 0) is 9.59 Å². The van der Waals surface area contributed by atoms with Crippen LogP contribution in [0.4, 0.5) is 5.69 Å². The normalized spacial score (nSPS) is 17.9. The van der Waals surface area contributed by atoms with E-state index in [-0.39, 0.29) is 24.8 Å². The molecule has 0 unspecified atom stereocenters. The molecule has 1 aliphatic rings. The first-order valence-corrected chi connectivity index (χ1v) is 9.72. The van der Waals surface area contributed by atoms with Crippen molar-refractivity contribution in [3.8, 4) is 5.75 Å². The van der Waals surface area contributed by atoms with E-state index >= 15 is 0 Å². The van der Waals surface area contributed by atoms with E-state index in [4.69, 9.17) is 27.9 Å². The Bertz CT molecular complexity index is 868. The van der Waals surface area contributed by atoms with Crippen molar-refractivity contribution in [2.24, 2.45) is 5.92 Å². The van der Waals surface area contributed by atoms with Gasteiger partial charge in [-0.05, 0) is 42.2 Å². The molecule has 2 aromatic carbocycles. The summed E-state index contributed by atoms with van der Waals surface area (Å²) in [5.41, 5.74) is 1.51. The average molecular weight is 406 g/mol. The Kier molecular flexibility index (Phi) is 6.08. The summed E-state index contributed by atoms with van der Waals surface area (Å²) in [6.07, 6.45) is 1.03. The zero-order valence-corrected chi connectivity index (χ0v) is 16.8. The molecule has 142 valence electrons. The number of benzene rings is 2. The van der Waals surface area contributed by atoms with Gasteiger partial charge < -0.3 is 9.64 Å². The molecule has 1 heterocycles. The number of halogens is 2. The number of ether oxygens (including phenoxy) is 1. The van der Waals surface area contributed by atoms with Gasteiger partial charge in [0.1, 0.15) is 5.75 Å². The standard InChI is InChI=1S/C21H21Cl2NO3/c1-3-13(2)16-6-4-5-7-19(16)27-21(26)14-10-20(25)24(12-14)18-11-15(22)8-9-17(18)23/h4-9,11,13-14H,3,10,12H2,1-2H3/t13-,14-/m0/s1. The number of hydrogen-bond acceptors (Lipinski definition) is 3. The Hall–Kier alpha value is -2.04. The van der Waals surface area contributed by atoms with Gasteiger partial charge in [-0.1, -0.05) is 55.2 Å². The molecule has 2 aromatic rings. The maximum absolute atomic E-state index is 12.7.